The van der Waals surface area contributed by atoms with Crippen LogP contribution in [0.4, 0.5) is 4.39 Å². The van der Waals surface area contributed by atoms with Crippen molar-refractivity contribution >= 4 is 17.5 Å². The Morgan fingerprint density at radius 1 is 1.00 bits per heavy atom. The Kier molecular flexibility index (Phi) is 4.31. The highest BCUT2D eigenvalue weighted by Gasteiger charge is 2.28. The van der Waals surface area contributed by atoms with Crippen molar-refractivity contribution in [1.29, 1.82) is 0 Å². The zero-order valence-corrected chi connectivity index (χ0v) is 14.8. The number of nitrogens with zero attached hydrogens (tertiary/aromatic N) is 5. The lowest BCUT2D eigenvalue weighted by atomic mass is 10.1. The fourth-order valence-electron chi connectivity index (χ4n) is 3.29. The van der Waals surface area contributed by atoms with Gasteiger partial charge in [-0.3, -0.25) is 9.59 Å². The maximum absolute atomic E-state index is 13.0. The number of halogens is 1. The number of aryl methyl sites for hydroxylation is 1. The van der Waals surface area contributed by atoms with E-state index < -0.39 is 0 Å². The molecule has 7 nitrogen and oxygen atoms in total. The number of rotatable bonds is 2. The summed E-state index contributed by atoms with van der Waals surface area (Å²) >= 11 is 0. The van der Waals surface area contributed by atoms with Crippen molar-refractivity contribution in [3.8, 4) is 0 Å². The first-order valence-electron chi connectivity index (χ1n) is 8.68. The molecule has 3 heterocycles. The first-order chi connectivity index (χ1) is 13.0. The number of hydrogen-bond acceptors (Lipinski definition) is 4. The molecule has 0 bridgehead atoms. The molecule has 0 aliphatic carbocycles. The summed E-state index contributed by atoms with van der Waals surface area (Å²) in [6.07, 6.45) is 3.39. The first kappa shape index (κ1) is 17.1. The molecule has 1 aromatic carbocycles. The van der Waals surface area contributed by atoms with Gasteiger partial charge in [-0.25, -0.2) is 13.9 Å². The van der Waals surface area contributed by atoms with Crippen LogP contribution in [0.25, 0.3) is 5.65 Å². The summed E-state index contributed by atoms with van der Waals surface area (Å²) in [6.45, 7) is 3.49. The second-order valence-electron chi connectivity index (χ2n) is 6.44. The van der Waals surface area contributed by atoms with E-state index in [0.717, 1.165) is 0 Å². The van der Waals surface area contributed by atoms with Gasteiger partial charge in [-0.1, -0.05) is 0 Å². The summed E-state index contributed by atoms with van der Waals surface area (Å²) in [6, 6.07) is 7.25. The number of aromatic nitrogens is 3. The molecule has 0 saturated carbocycles. The molecule has 1 aliphatic rings. The number of fused-ring (bicyclic) bond motifs is 1. The van der Waals surface area contributed by atoms with Crippen molar-refractivity contribution in [3.63, 3.8) is 0 Å². The number of benzene rings is 1. The molecule has 27 heavy (non-hydrogen) atoms. The fraction of sp³-hybridized carbons (Fsp3) is 0.263. The summed E-state index contributed by atoms with van der Waals surface area (Å²) in [5, 5.41) is 4.33. The quantitative estimate of drug-likeness (QED) is 0.692. The Morgan fingerprint density at radius 3 is 2.30 bits per heavy atom. The van der Waals surface area contributed by atoms with Crippen molar-refractivity contribution in [3.05, 3.63) is 65.4 Å². The van der Waals surface area contributed by atoms with Crippen LogP contribution in [0, 0.1) is 12.7 Å². The summed E-state index contributed by atoms with van der Waals surface area (Å²) in [4.78, 5) is 33.1. The molecule has 0 atom stereocenters. The molecule has 2 aromatic heterocycles. The van der Waals surface area contributed by atoms with E-state index in [2.05, 4.69) is 10.1 Å². The van der Waals surface area contributed by atoms with Gasteiger partial charge in [0.15, 0.2) is 5.65 Å². The van der Waals surface area contributed by atoms with Crippen LogP contribution in [0.2, 0.25) is 0 Å². The van der Waals surface area contributed by atoms with Gasteiger partial charge in [0.25, 0.3) is 11.8 Å². The number of carbonyl (C=O) groups is 2. The molecule has 8 heteroatoms. The van der Waals surface area contributed by atoms with E-state index >= 15 is 0 Å². The molecule has 4 rings (SSSR count). The third-order valence-electron chi connectivity index (χ3n) is 4.73. The van der Waals surface area contributed by atoms with E-state index in [1.807, 2.05) is 0 Å². The van der Waals surface area contributed by atoms with Gasteiger partial charge in [0.2, 0.25) is 0 Å². The highest BCUT2D eigenvalue weighted by Crippen LogP contribution is 2.17. The van der Waals surface area contributed by atoms with Crippen LogP contribution in [0.1, 0.15) is 26.4 Å². The van der Waals surface area contributed by atoms with Gasteiger partial charge in [-0.2, -0.15) is 5.10 Å². The minimum absolute atomic E-state index is 0.130. The Bertz CT molecular complexity index is 1010. The Hall–Kier alpha value is -3.29. The molecule has 0 N–H and O–H groups in total. The minimum Gasteiger partial charge on any atom is -0.335 e. The average molecular weight is 367 g/mol. The third-order valence-corrected chi connectivity index (χ3v) is 4.73. The van der Waals surface area contributed by atoms with Crippen LogP contribution in [-0.4, -0.2) is 62.4 Å². The predicted octanol–water partition coefficient (Wildman–Crippen LogP) is 1.78. The SMILES string of the molecule is Cc1nn2cccnc2c1C(=O)N1CCN(C(=O)c2ccc(F)cc2)CC1. The van der Waals surface area contributed by atoms with Crippen molar-refractivity contribution in [2.45, 2.75) is 6.92 Å². The number of amides is 2. The van der Waals surface area contributed by atoms with Gasteiger partial charge in [-0.15, -0.1) is 0 Å². The van der Waals surface area contributed by atoms with E-state index in [-0.39, 0.29) is 17.6 Å². The molecule has 138 valence electrons. The van der Waals surface area contributed by atoms with Gasteiger partial charge in [0, 0.05) is 44.1 Å². The van der Waals surface area contributed by atoms with E-state index in [1.54, 1.807) is 39.7 Å². The van der Waals surface area contributed by atoms with Crippen LogP contribution in [0.5, 0.6) is 0 Å². The third kappa shape index (κ3) is 3.14. The van der Waals surface area contributed by atoms with Crippen LogP contribution in [0.3, 0.4) is 0 Å². The van der Waals surface area contributed by atoms with Crippen LogP contribution < -0.4 is 0 Å². The molecule has 1 saturated heterocycles. The lowest BCUT2D eigenvalue weighted by Gasteiger charge is -2.34. The van der Waals surface area contributed by atoms with E-state index in [9.17, 15) is 14.0 Å². The van der Waals surface area contributed by atoms with Crippen LogP contribution >= 0.6 is 0 Å². The lowest BCUT2D eigenvalue weighted by molar-refractivity contribution is 0.0536. The second kappa shape index (κ2) is 6.79. The molecule has 0 radical (unpaired) electrons. The highest BCUT2D eigenvalue weighted by molar-refractivity contribution is 6.01. The van der Waals surface area contributed by atoms with Crippen molar-refractivity contribution in [1.82, 2.24) is 24.4 Å². The summed E-state index contributed by atoms with van der Waals surface area (Å²) < 4.78 is 14.6. The number of hydrogen-bond donors (Lipinski definition) is 0. The average Bonchev–Trinajstić information content (AvgIpc) is 3.03. The monoisotopic (exact) mass is 367 g/mol. The van der Waals surface area contributed by atoms with Gasteiger partial charge in [-0.05, 0) is 37.3 Å². The zero-order valence-electron chi connectivity index (χ0n) is 14.8. The van der Waals surface area contributed by atoms with Gasteiger partial charge in [0.1, 0.15) is 11.4 Å². The molecule has 3 aromatic rings. The first-order valence-corrected chi connectivity index (χ1v) is 8.68. The number of carbonyl (C=O) groups excluding carboxylic acids is 2. The molecular weight excluding hydrogens is 349 g/mol. The van der Waals surface area contributed by atoms with Crippen molar-refractivity contribution in [2.75, 3.05) is 26.2 Å². The standard InChI is InChI=1S/C19H18FN5O2/c1-13-16(17-21-7-2-8-25(17)22-13)19(27)24-11-9-23(10-12-24)18(26)14-3-5-15(20)6-4-14/h2-8H,9-12H2,1H3. The fourth-order valence-corrected chi connectivity index (χ4v) is 3.29. The zero-order chi connectivity index (χ0) is 19.0. The summed E-state index contributed by atoms with van der Waals surface area (Å²) in [5.41, 5.74) is 2.10. The lowest BCUT2D eigenvalue weighted by Crippen LogP contribution is -2.50. The second-order valence-corrected chi connectivity index (χ2v) is 6.44. The minimum atomic E-state index is -0.376. The van der Waals surface area contributed by atoms with Gasteiger partial charge >= 0.3 is 0 Å². The molecule has 1 fully saturated rings. The Balaban J connectivity index is 1.47. The predicted molar refractivity (Wildman–Crippen MR) is 95.9 cm³/mol. The van der Waals surface area contributed by atoms with E-state index in [4.69, 9.17) is 0 Å². The largest absolute Gasteiger partial charge is 0.335 e. The summed E-state index contributed by atoms with van der Waals surface area (Å²) in [5.74, 6) is -0.662. The highest BCUT2D eigenvalue weighted by atomic mass is 19.1. The maximum Gasteiger partial charge on any atom is 0.259 e. The molecule has 0 spiro atoms. The molecule has 2 amide bonds. The molecular formula is C19H18FN5O2. The van der Waals surface area contributed by atoms with E-state index in [0.29, 0.717) is 48.6 Å². The van der Waals surface area contributed by atoms with Gasteiger partial charge in [0.05, 0.1) is 5.69 Å². The Labute approximate surface area is 155 Å². The van der Waals surface area contributed by atoms with Crippen molar-refractivity contribution in [2.24, 2.45) is 0 Å². The normalized spacial score (nSPS) is 14.6. The number of piperazine rings is 1. The topological polar surface area (TPSA) is 70.8 Å². The molecule has 0 unspecified atom stereocenters. The van der Waals surface area contributed by atoms with Crippen LogP contribution in [0.15, 0.2) is 42.7 Å². The van der Waals surface area contributed by atoms with Crippen molar-refractivity contribution < 1.29 is 14.0 Å². The van der Waals surface area contributed by atoms with E-state index in [1.165, 1.54) is 24.3 Å². The van der Waals surface area contributed by atoms with Gasteiger partial charge < -0.3 is 9.80 Å². The summed E-state index contributed by atoms with van der Waals surface area (Å²) in [7, 11) is 0. The smallest absolute Gasteiger partial charge is 0.259 e. The maximum atomic E-state index is 13.0. The van der Waals surface area contributed by atoms with Crippen LogP contribution in [-0.2, 0) is 0 Å². The molecule has 1 aliphatic heterocycles. The Morgan fingerprint density at radius 2 is 1.63 bits per heavy atom.